The molecular formula is C21H21FN6O3. The molecule has 0 saturated heterocycles. The fourth-order valence-electron chi connectivity index (χ4n) is 3.41. The van der Waals surface area contributed by atoms with Gasteiger partial charge in [-0.3, -0.25) is 9.59 Å². The van der Waals surface area contributed by atoms with Crippen molar-refractivity contribution in [2.45, 2.75) is 32.2 Å². The monoisotopic (exact) mass is 424 g/mol. The van der Waals surface area contributed by atoms with Crippen LogP contribution in [0.2, 0.25) is 0 Å². The van der Waals surface area contributed by atoms with Gasteiger partial charge in [-0.25, -0.2) is 9.37 Å². The molecule has 10 heteroatoms. The zero-order valence-electron chi connectivity index (χ0n) is 16.8. The van der Waals surface area contributed by atoms with E-state index in [1.54, 1.807) is 29.7 Å². The number of benzene rings is 1. The molecule has 2 aromatic heterocycles. The molecule has 1 atom stereocenters. The predicted octanol–water partition coefficient (Wildman–Crippen LogP) is 2.56. The zero-order chi connectivity index (χ0) is 22.0. The number of aliphatic hydroxyl groups is 1. The molecule has 3 heterocycles. The molecule has 0 aliphatic carbocycles. The topological polar surface area (TPSA) is 122 Å². The maximum Gasteiger partial charge on any atom is 0.259 e. The molecular weight excluding hydrogens is 403 g/mol. The molecule has 0 bridgehead atoms. The number of carbonyl (C=O) groups is 2. The van der Waals surface area contributed by atoms with Crippen molar-refractivity contribution in [1.29, 1.82) is 0 Å². The Hall–Kier alpha value is -3.66. The van der Waals surface area contributed by atoms with Crippen molar-refractivity contribution in [1.82, 2.24) is 19.7 Å². The first-order valence-electron chi connectivity index (χ1n) is 9.87. The van der Waals surface area contributed by atoms with Crippen LogP contribution < -0.4 is 10.6 Å². The number of hydrogen-bond donors (Lipinski definition) is 3. The predicted molar refractivity (Wildman–Crippen MR) is 111 cm³/mol. The van der Waals surface area contributed by atoms with Crippen molar-refractivity contribution in [2.24, 2.45) is 0 Å². The van der Waals surface area contributed by atoms with E-state index >= 15 is 0 Å². The van der Waals surface area contributed by atoms with Crippen LogP contribution in [0.25, 0.3) is 11.5 Å². The van der Waals surface area contributed by atoms with Crippen LogP contribution in [-0.2, 0) is 11.2 Å². The zero-order valence-corrected chi connectivity index (χ0v) is 16.8. The highest BCUT2D eigenvalue weighted by atomic mass is 19.1. The Kier molecular flexibility index (Phi) is 5.72. The first-order chi connectivity index (χ1) is 15.0. The smallest absolute Gasteiger partial charge is 0.259 e. The van der Waals surface area contributed by atoms with Gasteiger partial charge in [0.25, 0.3) is 5.91 Å². The highest BCUT2D eigenvalue weighted by molar-refractivity contribution is 6.05. The lowest BCUT2D eigenvalue weighted by atomic mass is 10.0. The van der Waals surface area contributed by atoms with E-state index in [2.05, 4.69) is 25.8 Å². The average molecular weight is 424 g/mol. The van der Waals surface area contributed by atoms with Crippen LogP contribution in [0.3, 0.4) is 0 Å². The van der Waals surface area contributed by atoms with Crippen LogP contribution in [0, 0.1) is 5.82 Å². The van der Waals surface area contributed by atoms with Crippen molar-refractivity contribution >= 4 is 23.3 Å². The molecule has 3 aromatic rings. The molecule has 1 aliphatic heterocycles. The van der Waals surface area contributed by atoms with E-state index in [0.717, 1.165) is 0 Å². The molecule has 1 unspecified atom stereocenters. The molecule has 0 radical (unpaired) electrons. The molecule has 1 aromatic carbocycles. The number of hydrogen-bond acceptors (Lipinski definition) is 6. The van der Waals surface area contributed by atoms with Gasteiger partial charge in [0.15, 0.2) is 5.82 Å². The highest BCUT2D eigenvalue weighted by Gasteiger charge is 2.20. The van der Waals surface area contributed by atoms with Crippen LogP contribution in [0.5, 0.6) is 0 Å². The molecule has 9 nitrogen and oxygen atoms in total. The van der Waals surface area contributed by atoms with Gasteiger partial charge < -0.3 is 20.3 Å². The molecule has 4 rings (SSSR count). The number of halogens is 1. The van der Waals surface area contributed by atoms with E-state index < -0.39 is 11.7 Å². The van der Waals surface area contributed by atoms with Crippen molar-refractivity contribution < 1.29 is 19.1 Å². The normalized spacial score (nSPS) is 14.4. The van der Waals surface area contributed by atoms with Crippen molar-refractivity contribution in [3.8, 4) is 11.5 Å². The number of fused-ring (bicyclic) bond motifs is 1. The maximum absolute atomic E-state index is 14.6. The Balaban J connectivity index is 1.60. The Labute approximate surface area is 177 Å². The summed E-state index contributed by atoms with van der Waals surface area (Å²) in [6.07, 6.45) is 3.03. The number of pyridine rings is 1. The van der Waals surface area contributed by atoms with Gasteiger partial charge in [0.2, 0.25) is 5.91 Å². The average Bonchev–Trinajstić information content (AvgIpc) is 3.17. The van der Waals surface area contributed by atoms with E-state index in [1.807, 2.05) is 0 Å². The SMILES string of the molecule is CC(CO)n1cnnc1-c1cccc(NC(=O)c2cc3c(cc2F)CCCC(=O)N3)n1. The molecule has 160 valence electrons. The number of anilines is 2. The van der Waals surface area contributed by atoms with E-state index in [9.17, 15) is 19.1 Å². The van der Waals surface area contributed by atoms with Crippen molar-refractivity contribution in [3.05, 3.63) is 53.6 Å². The number of aromatic nitrogens is 4. The molecule has 0 fully saturated rings. The number of aliphatic hydroxyl groups excluding tert-OH is 1. The fraction of sp³-hybridized carbons (Fsp3) is 0.286. The minimum atomic E-state index is -0.686. The second kappa shape index (κ2) is 8.60. The number of aryl methyl sites for hydroxylation is 1. The summed E-state index contributed by atoms with van der Waals surface area (Å²) >= 11 is 0. The Morgan fingerprint density at radius 3 is 3.00 bits per heavy atom. The number of carbonyl (C=O) groups excluding carboxylic acids is 2. The van der Waals surface area contributed by atoms with Gasteiger partial charge in [-0.05, 0) is 49.6 Å². The van der Waals surface area contributed by atoms with Gasteiger partial charge in [0.05, 0.1) is 18.2 Å². The minimum Gasteiger partial charge on any atom is -0.394 e. The lowest BCUT2D eigenvalue weighted by Crippen LogP contribution is -2.17. The molecule has 3 N–H and O–H groups in total. The Morgan fingerprint density at radius 1 is 1.35 bits per heavy atom. The lowest BCUT2D eigenvalue weighted by molar-refractivity contribution is -0.116. The van der Waals surface area contributed by atoms with E-state index in [1.165, 1.54) is 18.5 Å². The van der Waals surface area contributed by atoms with E-state index in [0.29, 0.717) is 42.0 Å². The third-order valence-corrected chi connectivity index (χ3v) is 5.09. The largest absolute Gasteiger partial charge is 0.394 e. The van der Waals surface area contributed by atoms with Crippen LogP contribution >= 0.6 is 0 Å². The summed E-state index contributed by atoms with van der Waals surface area (Å²) in [5, 5.41) is 22.6. The molecule has 31 heavy (non-hydrogen) atoms. The second-order valence-electron chi connectivity index (χ2n) is 7.35. The molecule has 2 amide bonds. The third-order valence-electron chi connectivity index (χ3n) is 5.09. The maximum atomic E-state index is 14.6. The van der Waals surface area contributed by atoms with Gasteiger partial charge in [-0.15, -0.1) is 10.2 Å². The van der Waals surface area contributed by atoms with Crippen LogP contribution in [0.4, 0.5) is 15.9 Å². The van der Waals surface area contributed by atoms with Crippen molar-refractivity contribution in [2.75, 3.05) is 17.2 Å². The number of rotatable bonds is 5. The second-order valence-corrected chi connectivity index (χ2v) is 7.35. The summed E-state index contributed by atoms with van der Waals surface area (Å²) in [6, 6.07) is 7.33. The Morgan fingerprint density at radius 2 is 2.19 bits per heavy atom. The minimum absolute atomic E-state index is 0.102. The summed E-state index contributed by atoms with van der Waals surface area (Å²) < 4.78 is 16.3. The summed E-state index contributed by atoms with van der Waals surface area (Å²) in [4.78, 5) is 28.9. The van der Waals surface area contributed by atoms with Crippen LogP contribution in [0.1, 0.15) is 41.7 Å². The molecule has 0 saturated carbocycles. The summed E-state index contributed by atoms with van der Waals surface area (Å²) in [5.41, 5.74) is 1.36. The van der Waals surface area contributed by atoms with Crippen molar-refractivity contribution in [3.63, 3.8) is 0 Å². The first kappa shape index (κ1) is 20.6. The summed E-state index contributed by atoms with van der Waals surface area (Å²) in [5.74, 6) is -0.885. The van der Waals surface area contributed by atoms with Gasteiger partial charge in [-0.1, -0.05) is 6.07 Å². The van der Waals surface area contributed by atoms with Gasteiger partial charge in [0, 0.05) is 12.1 Å². The summed E-state index contributed by atoms with van der Waals surface area (Å²) in [6.45, 7) is 1.70. The lowest BCUT2D eigenvalue weighted by Gasteiger charge is -2.13. The molecule has 0 spiro atoms. The van der Waals surface area contributed by atoms with E-state index in [-0.39, 0.29) is 29.9 Å². The summed E-state index contributed by atoms with van der Waals surface area (Å²) in [7, 11) is 0. The molecule has 1 aliphatic rings. The standard InChI is InChI=1S/C21H21FN6O3/c1-12(10-29)28-11-23-27-20(28)16-5-3-6-18(24-16)26-21(31)14-9-17-13(8-15(14)22)4-2-7-19(30)25-17/h3,5-6,8-9,11-12,29H,2,4,7,10H2,1H3,(H,25,30)(H,24,26,31). The van der Waals surface area contributed by atoms with Crippen LogP contribution in [0.15, 0.2) is 36.7 Å². The number of amides is 2. The number of nitrogens with zero attached hydrogens (tertiary/aromatic N) is 4. The van der Waals surface area contributed by atoms with Gasteiger partial charge in [-0.2, -0.15) is 0 Å². The highest BCUT2D eigenvalue weighted by Crippen LogP contribution is 2.26. The first-order valence-corrected chi connectivity index (χ1v) is 9.87. The third kappa shape index (κ3) is 4.29. The quantitative estimate of drug-likeness (QED) is 0.579. The van der Waals surface area contributed by atoms with E-state index in [4.69, 9.17) is 0 Å². The van der Waals surface area contributed by atoms with Gasteiger partial charge >= 0.3 is 0 Å². The number of nitrogens with one attached hydrogen (secondary N) is 2. The fourth-order valence-corrected chi connectivity index (χ4v) is 3.41. The van der Waals surface area contributed by atoms with Gasteiger partial charge in [0.1, 0.15) is 23.7 Å². The Bertz CT molecular complexity index is 1150. The van der Waals surface area contributed by atoms with Crippen LogP contribution in [-0.4, -0.2) is 43.3 Å².